The lowest BCUT2D eigenvalue weighted by Crippen LogP contribution is -2.16. The van der Waals surface area contributed by atoms with Crippen molar-refractivity contribution in [1.82, 2.24) is 20.3 Å². The number of hydrogen-bond donors (Lipinski definition) is 2. The van der Waals surface area contributed by atoms with E-state index in [0.29, 0.717) is 13.1 Å². The van der Waals surface area contributed by atoms with E-state index < -0.39 is 0 Å². The maximum absolute atomic E-state index is 8.91. The molecule has 0 unspecified atom stereocenters. The summed E-state index contributed by atoms with van der Waals surface area (Å²) in [4.78, 5) is 1.76. The Hall–Kier alpha value is -2.50. The van der Waals surface area contributed by atoms with Gasteiger partial charge < -0.3 is 10.4 Å². The molecule has 0 aliphatic heterocycles. The fourth-order valence-electron chi connectivity index (χ4n) is 2.66. The lowest BCUT2D eigenvalue weighted by atomic mass is 10.1. The van der Waals surface area contributed by atoms with Crippen molar-refractivity contribution in [2.24, 2.45) is 0 Å². The molecule has 0 bridgehead atoms. The van der Waals surface area contributed by atoms with Gasteiger partial charge in [-0.2, -0.15) is 15.0 Å². The van der Waals surface area contributed by atoms with Crippen LogP contribution < -0.4 is 5.32 Å². The van der Waals surface area contributed by atoms with E-state index in [1.807, 2.05) is 18.2 Å². The fourth-order valence-corrected chi connectivity index (χ4v) is 2.66. The molecular formula is C20H24N4O. The van der Waals surface area contributed by atoms with Crippen LogP contribution in [-0.2, 0) is 13.1 Å². The van der Waals surface area contributed by atoms with E-state index in [1.165, 1.54) is 11.1 Å². The molecule has 3 aromatic rings. The Kier molecular flexibility index (Phi) is 5.93. The first-order valence-corrected chi connectivity index (χ1v) is 8.63. The Morgan fingerprint density at radius 2 is 1.76 bits per heavy atom. The predicted octanol–water partition coefficient (Wildman–Crippen LogP) is 2.77. The quantitative estimate of drug-likeness (QED) is 0.621. The smallest absolute Gasteiger partial charge is 0.117 e. The molecule has 3 rings (SSSR count). The molecule has 0 amide bonds. The average molecular weight is 336 g/mol. The summed E-state index contributed by atoms with van der Waals surface area (Å²) in [5.41, 5.74) is 5.33. The lowest BCUT2D eigenvalue weighted by molar-refractivity contribution is 0.286. The maximum atomic E-state index is 8.91. The highest BCUT2D eigenvalue weighted by atomic mass is 16.3. The van der Waals surface area contributed by atoms with E-state index >= 15 is 0 Å². The minimum atomic E-state index is 0.193. The Labute approximate surface area is 148 Å². The van der Waals surface area contributed by atoms with Crippen LogP contribution in [0.25, 0.3) is 11.3 Å². The molecule has 25 heavy (non-hydrogen) atoms. The summed E-state index contributed by atoms with van der Waals surface area (Å²) in [6.07, 6.45) is 0.734. The van der Waals surface area contributed by atoms with E-state index in [-0.39, 0.29) is 6.61 Å². The van der Waals surface area contributed by atoms with Crippen molar-refractivity contribution in [3.8, 4) is 11.3 Å². The number of aromatic nitrogens is 3. The van der Waals surface area contributed by atoms with Crippen LogP contribution in [0.4, 0.5) is 0 Å². The molecule has 130 valence electrons. The van der Waals surface area contributed by atoms with Gasteiger partial charge in [-0.3, -0.25) is 0 Å². The molecule has 2 aromatic carbocycles. The van der Waals surface area contributed by atoms with E-state index in [2.05, 4.69) is 53.7 Å². The number of nitrogens with zero attached hydrogens (tertiary/aromatic N) is 3. The molecule has 0 aliphatic carbocycles. The zero-order valence-electron chi connectivity index (χ0n) is 14.5. The van der Waals surface area contributed by atoms with Crippen LogP contribution in [-0.4, -0.2) is 33.3 Å². The minimum Gasteiger partial charge on any atom is -0.396 e. The van der Waals surface area contributed by atoms with Crippen LogP contribution >= 0.6 is 0 Å². The Bertz CT molecular complexity index is 781. The first-order valence-electron chi connectivity index (χ1n) is 8.63. The van der Waals surface area contributed by atoms with Crippen LogP contribution in [0, 0.1) is 6.92 Å². The third kappa shape index (κ3) is 4.75. The van der Waals surface area contributed by atoms with Crippen molar-refractivity contribution in [3.05, 3.63) is 71.4 Å². The van der Waals surface area contributed by atoms with E-state index in [9.17, 15) is 0 Å². The molecule has 0 aliphatic rings. The van der Waals surface area contributed by atoms with Crippen molar-refractivity contribution in [2.75, 3.05) is 13.2 Å². The van der Waals surface area contributed by atoms with Crippen LogP contribution in [0.3, 0.4) is 0 Å². The fraction of sp³-hybridized carbons (Fsp3) is 0.300. The Morgan fingerprint density at radius 1 is 1.00 bits per heavy atom. The number of rotatable bonds is 8. The highest BCUT2D eigenvalue weighted by Crippen LogP contribution is 2.20. The van der Waals surface area contributed by atoms with Gasteiger partial charge in [-0.05, 0) is 25.5 Å². The molecule has 0 fully saturated rings. The Morgan fingerprint density at radius 3 is 2.48 bits per heavy atom. The topological polar surface area (TPSA) is 63.0 Å². The van der Waals surface area contributed by atoms with E-state index in [0.717, 1.165) is 29.9 Å². The molecule has 0 saturated heterocycles. The minimum absolute atomic E-state index is 0.193. The number of aliphatic hydroxyl groups is 1. The van der Waals surface area contributed by atoms with Crippen LogP contribution in [0.15, 0.2) is 54.6 Å². The van der Waals surface area contributed by atoms with Gasteiger partial charge in [0.1, 0.15) is 11.4 Å². The first kappa shape index (κ1) is 17.3. The summed E-state index contributed by atoms with van der Waals surface area (Å²) in [5.74, 6) is 0. The molecule has 2 N–H and O–H groups in total. The second-order valence-electron chi connectivity index (χ2n) is 6.13. The first-order chi connectivity index (χ1) is 12.3. The summed E-state index contributed by atoms with van der Waals surface area (Å²) in [6.45, 7) is 4.32. The van der Waals surface area contributed by atoms with Gasteiger partial charge in [0.2, 0.25) is 0 Å². The number of aryl methyl sites for hydroxylation is 1. The highest BCUT2D eigenvalue weighted by molar-refractivity contribution is 5.60. The molecular weight excluding hydrogens is 312 g/mol. The van der Waals surface area contributed by atoms with E-state index in [1.54, 1.807) is 4.80 Å². The Balaban J connectivity index is 1.81. The third-order valence-corrected chi connectivity index (χ3v) is 4.02. The van der Waals surface area contributed by atoms with Gasteiger partial charge in [-0.25, -0.2) is 0 Å². The van der Waals surface area contributed by atoms with Crippen molar-refractivity contribution in [3.63, 3.8) is 0 Å². The van der Waals surface area contributed by atoms with Crippen molar-refractivity contribution < 1.29 is 5.11 Å². The van der Waals surface area contributed by atoms with Gasteiger partial charge in [0.15, 0.2) is 0 Å². The summed E-state index contributed by atoms with van der Waals surface area (Å²) in [5, 5.41) is 21.6. The molecule has 0 atom stereocenters. The van der Waals surface area contributed by atoms with Gasteiger partial charge in [0.25, 0.3) is 0 Å². The largest absolute Gasteiger partial charge is 0.396 e. The highest BCUT2D eigenvalue weighted by Gasteiger charge is 2.13. The summed E-state index contributed by atoms with van der Waals surface area (Å²) >= 11 is 0. The number of nitrogens with one attached hydrogen (secondary N) is 1. The van der Waals surface area contributed by atoms with Gasteiger partial charge >= 0.3 is 0 Å². The SMILES string of the molecule is Cc1ccc(Cn2nc(CNCCCO)c(-c3ccccc3)n2)cc1. The second-order valence-corrected chi connectivity index (χ2v) is 6.13. The number of benzene rings is 2. The standard InChI is InChI=1S/C20H24N4O/c1-16-8-10-17(11-9-16)15-24-22-19(14-21-12-5-13-25)20(23-24)18-6-3-2-4-7-18/h2-4,6-11,21,25H,5,12-15H2,1H3. The summed E-state index contributed by atoms with van der Waals surface area (Å²) in [6, 6.07) is 18.6. The van der Waals surface area contributed by atoms with Gasteiger partial charge in [0.05, 0.1) is 6.54 Å². The molecule has 0 saturated carbocycles. The van der Waals surface area contributed by atoms with Crippen molar-refractivity contribution in [2.45, 2.75) is 26.4 Å². The van der Waals surface area contributed by atoms with Crippen LogP contribution in [0.1, 0.15) is 23.2 Å². The maximum Gasteiger partial charge on any atom is 0.117 e. The van der Waals surface area contributed by atoms with Crippen molar-refractivity contribution in [1.29, 1.82) is 0 Å². The zero-order chi connectivity index (χ0) is 17.5. The summed E-state index contributed by atoms with van der Waals surface area (Å²) < 4.78 is 0. The third-order valence-electron chi connectivity index (χ3n) is 4.02. The van der Waals surface area contributed by atoms with Gasteiger partial charge in [-0.15, -0.1) is 0 Å². The van der Waals surface area contributed by atoms with Gasteiger partial charge in [0, 0.05) is 18.7 Å². The molecule has 1 heterocycles. The van der Waals surface area contributed by atoms with Crippen LogP contribution in [0.5, 0.6) is 0 Å². The number of aliphatic hydroxyl groups excluding tert-OH is 1. The van der Waals surface area contributed by atoms with E-state index in [4.69, 9.17) is 10.2 Å². The second kappa shape index (κ2) is 8.55. The molecule has 0 spiro atoms. The zero-order valence-corrected chi connectivity index (χ0v) is 14.5. The normalized spacial score (nSPS) is 11.0. The average Bonchev–Trinajstić information content (AvgIpc) is 3.04. The molecule has 0 radical (unpaired) electrons. The monoisotopic (exact) mass is 336 g/mol. The molecule has 5 nitrogen and oxygen atoms in total. The van der Waals surface area contributed by atoms with Gasteiger partial charge in [-0.1, -0.05) is 60.2 Å². The summed E-state index contributed by atoms with van der Waals surface area (Å²) in [7, 11) is 0. The molecule has 5 heteroatoms. The van der Waals surface area contributed by atoms with Crippen molar-refractivity contribution >= 4 is 0 Å². The van der Waals surface area contributed by atoms with Crippen LogP contribution in [0.2, 0.25) is 0 Å². The molecule has 1 aromatic heterocycles. The number of hydrogen-bond acceptors (Lipinski definition) is 4. The lowest BCUT2D eigenvalue weighted by Gasteiger charge is -2.02. The predicted molar refractivity (Wildman–Crippen MR) is 99.1 cm³/mol.